The lowest BCUT2D eigenvalue weighted by Gasteiger charge is -2.55. The lowest BCUT2D eigenvalue weighted by atomic mass is 9.50. The number of Topliss-reactive ketones (excluding diaryl/α,β-unsaturated/α-hetero) is 1. The van der Waals surface area contributed by atoms with Gasteiger partial charge in [-0.2, -0.15) is 0 Å². The minimum absolute atomic E-state index is 0.388. The number of hydrogen-bond donors (Lipinski definition) is 1. The largest absolute Gasteiger partial charge is 0.317 e. The van der Waals surface area contributed by atoms with Crippen molar-refractivity contribution < 1.29 is 4.79 Å². The number of ketones is 1. The molecular formula is C21H33NO. The van der Waals surface area contributed by atoms with Gasteiger partial charge in [0.05, 0.1) is 0 Å². The van der Waals surface area contributed by atoms with E-state index in [0.717, 1.165) is 24.7 Å². The molecule has 2 nitrogen and oxygen atoms in total. The van der Waals surface area contributed by atoms with Crippen LogP contribution in [-0.2, 0) is 4.79 Å². The highest BCUT2D eigenvalue weighted by Crippen LogP contribution is 2.61. The fourth-order valence-corrected chi connectivity index (χ4v) is 7.00. The predicted molar refractivity (Wildman–Crippen MR) is 94.1 cm³/mol. The predicted octanol–water partition coefficient (Wildman–Crippen LogP) is 4.35. The van der Waals surface area contributed by atoms with Gasteiger partial charge in [0.25, 0.3) is 0 Å². The van der Waals surface area contributed by atoms with Crippen LogP contribution < -0.4 is 5.32 Å². The molecule has 4 rings (SSSR count). The van der Waals surface area contributed by atoms with Crippen LogP contribution in [0.15, 0.2) is 11.6 Å². The van der Waals surface area contributed by atoms with Crippen molar-refractivity contribution in [3.63, 3.8) is 0 Å². The average Bonchev–Trinajstić information content (AvgIpc) is 2.89. The van der Waals surface area contributed by atoms with E-state index >= 15 is 0 Å². The Morgan fingerprint density at radius 3 is 2.74 bits per heavy atom. The third kappa shape index (κ3) is 2.27. The zero-order valence-electron chi connectivity index (χ0n) is 15.1. The zero-order valence-corrected chi connectivity index (χ0v) is 15.1. The summed E-state index contributed by atoms with van der Waals surface area (Å²) >= 11 is 0. The number of carbonyl (C=O) groups excluding carboxylic acids is 1. The van der Waals surface area contributed by atoms with Crippen LogP contribution in [0, 0.1) is 35.0 Å². The molecule has 2 heteroatoms. The van der Waals surface area contributed by atoms with Gasteiger partial charge in [-0.25, -0.2) is 0 Å². The van der Waals surface area contributed by atoms with Gasteiger partial charge < -0.3 is 5.32 Å². The molecule has 0 spiro atoms. The van der Waals surface area contributed by atoms with Gasteiger partial charge in [-0.15, -0.1) is 0 Å². The standard InChI is InChI=1S/C21H33NO/c1-4-15-16-7-8-19-17(18(16)12-20(15)23)6-5-13-11-14(22-3)9-10-21(13,19)2/h5,14-19,22H,4,6-12H2,1-3H3. The summed E-state index contributed by atoms with van der Waals surface area (Å²) < 4.78 is 0. The van der Waals surface area contributed by atoms with Crippen LogP contribution in [-0.4, -0.2) is 18.9 Å². The van der Waals surface area contributed by atoms with E-state index in [2.05, 4.69) is 32.3 Å². The first-order valence-electron chi connectivity index (χ1n) is 9.98. The van der Waals surface area contributed by atoms with Crippen LogP contribution in [0.4, 0.5) is 0 Å². The first-order chi connectivity index (χ1) is 11.1. The summed E-state index contributed by atoms with van der Waals surface area (Å²) in [7, 11) is 2.11. The van der Waals surface area contributed by atoms with Gasteiger partial charge in [-0.1, -0.05) is 25.5 Å². The van der Waals surface area contributed by atoms with E-state index in [1.807, 2.05) is 0 Å². The molecule has 0 saturated heterocycles. The molecule has 0 heterocycles. The Morgan fingerprint density at radius 1 is 1.17 bits per heavy atom. The second-order valence-electron chi connectivity index (χ2n) is 8.97. The molecule has 3 saturated carbocycles. The van der Waals surface area contributed by atoms with Crippen LogP contribution in [0.5, 0.6) is 0 Å². The molecule has 0 aliphatic heterocycles. The average molecular weight is 316 g/mol. The molecule has 23 heavy (non-hydrogen) atoms. The van der Waals surface area contributed by atoms with Crippen molar-refractivity contribution in [3.8, 4) is 0 Å². The number of hydrogen-bond acceptors (Lipinski definition) is 2. The van der Waals surface area contributed by atoms with Crippen molar-refractivity contribution in [2.45, 2.75) is 71.3 Å². The van der Waals surface area contributed by atoms with Crippen LogP contribution in [0.2, 0.25) is 0 Å². The Balaban J connectivity index is 1.61. The monoisotopic (exact) mass is 315 g/mol. The molecule has 0 aromatic carbocycles. The van der Waals surface area contributed by atoms with E-state index in [4.69, 9.17) is 0 Å². The molecule has 1 N–H and O–H groups in total. The Kier molecular flexibility index (Phi) is 3.95. The molecule has 0 bridgehead atoms. The smallest absolute Gasteiger partial charge is 0.136 e. The lowest BCUT2D eigenvalue weighted by Crippen LogP contribution is -2.48. The molecule has 4 aliphatic carbocycles. The molecular weight excluding hydrogens is 282 g/mol. The molecule has 3 fully saturated rings. The highest BCUT2D eigenvalue weighted by Gasteiger charge is 2.55. The first-order valence-corrected chi connectivity index (χ1v) is 9.98. The molecule has 0 amide bonds. The van der Waals surface area contributed by atoms with E-state index in [1.54, 1.807) is 5.57 Å². The maximum atomic E-state index is 12.5. The van der Waals surface area contributed by atoms with Gasteiger partial charge in [-0.05, 0) is 81.1 Å². The number of rotatable bonds is 2. The van der Waals surface area contributed by atoms with Gasteiger partial charge >= 0.3 is 0 Å². The van der Waals surface area contributed by atoms with Crippen LogP contribution in [0.1, 0.15) is 65.2 Å². The van der Waals surface area contributed by atoms with Crippen LogP contribution >= 0.6 is 0 Å². The number of nitrogens with one attached hydrogen (secondary N) is 1. The molecule has 0 aromatic heterocycles. The third-order valence-corrected chi connectivity index (χ3v) is 8.31. The maximum Gasteiger partial charge on any atom is 0.136 e. The van der Waals surface area contributed by atoms with Crippen molar-refractivity contribution in [2.75, 3.05) is 7.05 Å². The van der Waals surface area contributed by atoms with E-state index < -0.39 is 0 Å². The van der Waals surface area contributed by atoms with E-state index in [0.29, 0.717) is 35.0 Å². The highest BCUT2D eigenvalue weighted by molar-refractivity contribution is 5.84. The van der Waals surface area contributed by atoms with Gasteiger partial charge in [0, 0.05) is 18.4 Å². The topological polar surface area (TPSA) is 29.1 Å². The van der Waals surface area contributed by atoms with Crippen molar-refractivity contribution in [3.05, 3.63) is 11.6 Å². The fraction of sp³-hybridized carbons (Fsp3) is 0.857. The highest BCUT2D eigenvalue weighted by atomic mass is 16.1. The Morgan fingerprint density at radius 2 is 2.00 bits per heavy atom. The number of allylic oxidation sites excluding steroid dienone is 1. The van der Waals surface area contributed by atoms with E-state index in [-0.39, 0.29) is 0 Å². The molecule has 4 aliphatic rings. The van der Waals surface area contributed by atoms with E-state index in [9.17, 15) is 4.79 Å². The Hall–Kier alpha value is -0.630. The summed E-state index contributed by atoms with van der Waals surface area (Å²) in [5.74, 6) is 4.00. The van der Waals surface area contributed by atoms with Crippen LogP contribution in [0.25, 0.3) is 0 Å². The summed E-state index contributed by atoms with van der Waals surface area (Å²) in [6.07, 6.45) is 12.4. The third-order valence-electron chi connectivity index (χ3n) is 8.31. The van der Waals surface area contributed by atoms with Gasteiger partial charge in [-0.3, -0.25) is 4.79 Å². The van der Waals surface area contributed by atoms with Crippen molar-refractivity contribution in [1.29, 1.82) is 0 Å². The summed E-state index contributed by atoms with van der Waals surface area (Å²) in [6.45, 7) is 4.77. The summed E-state index contributed by atoms with van der Waals surface area (Å²) in [5.41, 5.74) is 2.16. The lowest BCUT2D eigenvalue weighted by molar-refractivity contribution is -0.121. The quantitative estimate of drug-likeness (QED) is 0.767. The molecule has 7 atom stereocenters. The number of carbonyl (C=O) groups is 1. The maximum absolute atomic E-state index is 12.5. The van der Waals surface area contributed by atoms with Crippen molar-refractivity contribution in [1.82, 2.24) is 5.32 Å². The van der Waals surface area contributed by atoms with Gasteiger partial charge in [0.15, 0.2) is 0 Å². The zero-order chi connectivity index (χ0) is 16.2. The van der Waals surface area contributed by atoms with Crippen molar-refractivity contribution >= 4 is 5.78 Å². The van der Waals surface area contributed by atoms with Gasteiger partial charge in [0.1, 0.15) is 5.78 Å². The van der Waals surface area contributed by atoms with Gasteiger partial charge in [0.2, 0.25) is 0 Å². The second kappa shape index (κ2) is 5.72. The minimum Gasteiger partial charge on any atom is -0.317 e. The van der Waals surface area contributed by atoms with E-state index in [1.165, 1.54) is 38.5 Å². The normalized spacial score (nSPS) is 49.2. The SMILES string of the molecule is CCC1C(=O)CC2C1CCC1C2CC=C2CC(NC)CCC21C. The Labute approximate surface area is 141 Å². The summed E-state index contributed by atoms with van der Waals surface area (Å²) in [6, 6.07) is 0.680. The Bertz CT molecular complexity index is 524. The fourth-order valence-electron chi connectivity index (χ4n) is 7.00. The molecule has 0 radical (unpaired) electrons. The number of fused-ring (bicyclic) bond motifs is 5. The first kappa shape index (κ1) is 15.9. The van der Waals surface area contributed by atoms with Crippen LogP contribution in [0.3, 0.4) is 0 Å². The molecule has 7 unspecified atom stereocenters. The second-order valence-corrected chi connectivity index (χ2v) is 8.97. The minimum atomic E-state index is 0.388. The molecule has 128 valence electrons. The van der Waals surface area contributed by atoms with Crippen molar-refractivity contribution in [2.24, 2.45) is 35.0 Å². The molecule has 0 aromatic rings. The summed E-state index contributed by atoms with van der Waals surface area (Å²) in [4.78, 5) is 12.5. The summed E-state index contributed by atoms with van der Waals surface area (Å²) in [5, 5.41) is 3.50.